The van der Waals surface area contributed by atoms with Gasteiger partial charge in [0.05, 0.1) is 16.8 Å². The van der Waals surface area contributed by atoms with E-state index in [1.807, 2.05) is 12.1 Å². The molecule has 2 rings (SSSR count). The van der Waals surface area contributed by atoms with Crippen molar-refractivity contribution in [3.8, 4) is 0 Å². The van der Waals surface area contributed by atoms with Crippen LogP contribution in [0.15, 0.2) is 27.5 Å². The van der Waals surface area contributed by atoms with Gasteiger partial charge in [-0.15, -0.1) is 11.6 Å². The highest BCUT2D eigenvalue weighted by Crippen LogP contribution is 2.20. The number of aromatic nitrogens is 2. The van der Waals surface area contributed by atoms with Gasteiger partial charge in [0.15, 0.2) is 0 Å². The van der Waals surface area contributed by atoms with Crippen molar-refractivity contribution in [2.75, 3.05) is 0 Å². The Bertz CT molecular complexity index is 652. The predicted octanol–water partition coefficient (Wildman–Crippen LogP) is 3.94. The van der Waals surface area contributed by atoms with E-state index in [0.29, 0.717) is 17.1 Å². The van der Waals surface area contributed by atoms with E-state index in [1.54, 1.807) is 6.07 Å². The van der Waals surface area contributed by atoms with Crippen LogP contribution in [0.5, 0.6) is 0 Å². The van der Waals surface area contributed by atoms with Gasteiger partial charge in [0.25, 0.3) is 5.56 Å². The van der Waals surface area contributed by atoms with Crippen LogP contribution in [-0.4, -0.2) is 9.55 Å². The lowest BCUT2D eigenvalue weighted by Gasteiger charge is -2.15. The quantitative estimate of drug-likeness (QED) is 0.788. The standard InChI is InChI=1S/C14H16BrClN2O/c1-9(2)5-6-18-12-7-10(15)3-4-11(12)14(19)17-13(18)8-16/h3-4,7,9H,5-6,8H2,1-2H3. The van der Waals surface area contributed by atoms with Crippen LogP contribution < -0.4 is 5.56 Å². The summed E-state index contributed by atoms with van der Waals surface area (Å²) in [6, 6.07) is 5.62. The molecule has 0 aliphatic carbocycles. The van der Waals surface area contributed by atoms with Crippen molar-refractivity contribution in [3.63, 3.8) is 0 Å². The second kappa shape index (κ2) is 6.06. The van der Waals surface area contributed by atoms with E-state index in [4.69, 9.17) is 11.6 Å². The number of rotatable bonds is 4. The van der Waals surface area contributed by atoms with Crippen molar-refractivity contribution in [1.82, 2.24) is 9.55 Å². The lowest BCUT2D eigenvalue weighted by molar-refractivity contribution is 0.511. The number of benzene rings is 1. The van der Waals surface area contributed by atoms with Crippen LogP contribution in [0, 0.1) is 5.92 Å². The van der Waals surface area contributed by atoms with Crippen LogP contribution in [0.4, 0.5) is 0 Å². The first-order valence-electron chi connectivity index (χ1n) is 6.28. The number of nitrogens with zero attached hydrogens (tertiary/aromatic N) is 2. The highest BCUT2D eigenvalue weighted by Gasteiger charge is 2.10. The Morgan fingerprint density at radius 2 is 2.16 bits per heavy atom. The molecule has 0 unspecified atom stereocenters. The van der Waals surface area contributed by atoms with Gasteiger partial charge in [-0.1, -0.05) is 29.8 Å². The molecule has 0 fully saturated rings. The van der Waals surface area contributed by atoms with E-state index in [2.05, 4.69) is 39.3 Å². The fraction of sp³-hybridized carbons (Fsp3) is 0.429. The molecule has 5 heteroatoms. The zero-order valence-corrected chi connectivity index (χ0v) is 13.3. The molecule has 0 radical (unpaired) electrons. The molecule has 0 N–H and O–H groups in total. The van der Waals surface area contributed by atoms with E-state index in [1.165, 1.54) is 0 Å². The maximum absolute atomic E-state index is 12.0. The van der Waals surface area contributed by atoms with Gasteiger partial charge in [-0.2, -0.15) is 4.98 Å². The third kappa shape index (κ3) is 3.18. The molecule has 102 valence electrons. The number of fused-ring (bicyclic) bond motifs is 1. The van der Waals surface area contributed by atoms with Crippen molar-refractivity contribution in [1.29, 1.82) is 0 Å². The highest BCUT2D eigenvalue weighted by atomic mass is 79.9. The lowest BCUT2D eigenvalue weighted by Crippen LogP contribution is -2.19. The van der Waals surface area contributed by atoms with Crippen LogP contribution in [0.3, 0.4) is 0 Å². The summed E-state index contributed by atoms with van der Waals surface area (Å²) in [6.45, 7) is 5.17. The molecule has 0 saturated carbocycles. The second-order valence-electron chi connectivity index (χ2n) is 4.96. The largest absolute Gasteiger partial charge is 0.328 e. The number of alkyl halides is 1. The number of halogens is 2. The third-order valence-electron chi connectivity index (χ3n) is 3.07. The molecule has 0 saturated heterocycles. The van der Waals surface area contributed by atoms with Crippen LogP contribution in [-0.2, 0) is 12.4 Å². The van der Waals surface area contributed by atoms with Crippen LogP contribution in [0.1, 0.15) is 26.1 Å². The molecule has 1 heterocycles. The van der Waals surface area contributed by atoms with E-state index >= 15 is 0 Å². The number of hydrogen-bond acceptors (Lipinski definition) is 2. The molecule has 0 atom stereocenters. The summed E-state index contributed by atoms with van der Waals surface area (Å²) < 4.78 is 3.00. The summed E-state index contributed by atoms with van der Waals surface area (Å²) in [5.74, 6) is 1.47. The summed E-state index contributed by atoms with van der Waals surface area (Å²) in [5, 5.41) is 0.640. The first-order chi connectivity index (χ1) is 9.02. The maximum Gasteiger partial charge on any atom is 0.280 e. The van der Waals surface area contributed by atoms with E-state index in [9.17, 15) is 4.79 Å². The first-order valence-corrected chi connectivity index (χ1v) is 7.60. The Morgan fingerprint density at radius 3 is 2.79 bits per heavy atom. The zero-order chi connectivity index (χ0) is 14.0. The maximum atomic E-state index is 12.0. The van der Waals surface area contributed by atoms with Crippen LogP contribution in [0.2, 0.25) is 0 Å². The molecule has 0 amide bonds. The molecule has 3 nitrogen and oxygen atoms in total. The Morgan fingerprint density at radius 1 is 1.42 bits per heavy atom. The Balaban J connectivity index is 2.65. The predicted molar refractivity (Wildman–Crippen MR) is 82.7 cm³/mol. The first kappa shape index (κ1) is 14.5. The number of aryl methyl sites for hydroxylation is 1. The second-order valence-corrected chi connectivity index (χ2v) is 6.15. The average Bonchev–Trinajstić information content (AvgIpc) is 2.36. The van der Waals surface area contributed by atoms with E-state index < -0.39 is 0 Å². The van der Waals surface area contributed by atoms with Crippen molar-refractivity contribution >= 4 is 38.4 Å². The van der Waals surface area contributed by atoms with E-state index in [-0.39, 0.29) is 11.4 Å². The fourth-order valence-electron chi connectivity index (χ4n) is 2.02. The monoisotopic (exact) mass is 342 g/mol. The molecular weight excluding hydrogens is 328 g/mol. The molecule has 2 aromatic rings. The van der Waals surface area contributed by atoms with Gasteiger partial charge in [-0.25, -0.2) is 0 Å². The Kier molecular flexibility index (Phi) is 4.63. The molecule has 0 aliphatic heterocycles. The number of hydrogen-bond donors (Lipinski definition) is 0. The smallest absolute Gasteiger partial charge is 0.280 e. The van der Waals surface area contributed by atoms with Crippen molar-refractivity contribution in [2.24, 2.45) is 5.92 Å². The van der Waals surface area contributed by atoms with Gasteiger partial charge >= 0.3 is 0 Å². The van der Waals surface area contributed by atoms with Gasteiger partial charge in [-0.05, 0) is 30.5 Å². The third-order valence-corrected chi connectivity index (χ3v) is 3.81. The van der Waals surface area contributed by atoms with Gasteiger partial charge < -0.3 is 4.57 Å². The van der Waals surface area contributed by atoms with Gasteiger partial charge in [0, 0.05) is 11.0 Å². The highest BCUT2D eigenvalue weighted by molar-refractivity contribution is 9.10. The molecule has 1 aromatic carbocycles. The molecule has 0 aliphatic rings. The van der Waals surface area contributed by atoms with Gasteiger partial charge in [0.1, 0.15) is 5.82 Å². The summed E-state index contributed by atoms with van der Waals surface area (Å²) in [5.41, 5.74) is 0.685. The topological polar surface area (TPSA) is 34.9 Å². The van der Waals surface area contributed by atoms with Crippen LogP contribution in [0.25, 0.3) is 10.9 Å². The van der Waals surface area contributed by atoms with Crippen molar-refractivity contribution < 1.29 is 0 Å². The lowest BCUT2D eigenvalue weighted by atomic mass is 10.1. The average molecular weight is 344 g/mol. The fourth-order valence-corrected chi connectivity index (χ4v) is 2.58. The zero-order valence-electron chi connectivity index (χ0n) is 11.0. The summed E-state index contributed by atoms with van der Waals surface area (Å²) in [6.07, 6.45) is 1.02. The normalized spacial score (nSPS) is 11.4. The minimum atomic E-state index is -0.209. The molecule has 0 spiro atoms. The van der Waals surface area contributed by atoms with E-state index in [0.717, 1.165) is 23.0 Å². The minimum Gasteiger partial charge on any atom is -0.328 e. The Labute approximate surface area is 125 Å². The van der Waals surface area contributed by atoms with Gasteiger partial charge in [-0.3, -0.25) is 4.79 Å². The minimum absolute atomic E-state index is 0.209. The van der Waals surface area contributed by atoms with Gasteiger partial charge in [0.2, 0.25) is 0 Å². The van der Waals surface area contributed by atoms with Crippen LogP contribution >= 0.6 is 27.5 Å². The van der Waals surface area contributed by atoms with Crippen molar-refractivity contribution in [2.45, 2.75) is 32.7 Å². The summed E-state index contributed by atoms with van der Waals surface area (Å²) in [4.78, 5) is 16.0. The Hall–Kier alpha value is -0.870. The molecule has 19 heavy (non-hydrogen) atoms. The summed E-state index contributed by atoms with van der Waals surface area (Å²) in [7, 11) is 0. The molecular formula is C14H16BrClN2O. The SMILES string of the molecule is CC(C)CCn1c(CCl)nc(=O)c2ccc(Br)cc21. The molecule has 1 aromatic heterocycles. The van der Waals surface area contributed by atoms with Crippen molar-refractivity contribution in [3.05, 3.63) is 38.9 Å². The summed E-state index contributed by atoms with van der Waals surface area (Å²) >= 11 is 9.37. The molecule has 0 bridgehead atoms.